The van der Waals surface area contributed by atoms with Gasteiger partial charge in [0.25, 0.3) is 11.5 Å². The van der Waals surface area contributed by atoms with Gasteiger partial charge in [0, 0.05) is 6.07 Å². The zero-order chi connectivity index (χ0) is 16.6. The van der Waals surface area contributed by atoms with E-state index in [1.54, 1.807) is 19.2 Å². The minimum absolute atomic E-state index is 0.221. The van der Waals surface area contributed by atoms with Gasteiger partial charge in [-0.15, -0.1) is 11.3 Å². The maximum absolute atomic E-state index is 12.4. The molecule has 0 radical (unpaired) electrons. The molecule has 3 aromatic heterocycles. The number of anilines is 1. The normalized spacial score (nSPS) is 11.3. The van der Waals surface area contributed by atoms with Gasteiger partial charge in [0.05, 0.1) is 23.0 Å². The molecule has 3 heterocycles. The van der Waals surface area contributed by atoms with Gasteiger partial charge in [-0.25, -0.2) is 4.98 Å². The smallest absolute Gasteiger partial charge is 0.267 e. The largest absolute Gasteiger partial charge is 0.309 e. The van der Waals surface area contributed by atoms with Crippen LogP contribution in [0.5, 0.6) is 0 Å². The third-order valence-corrected chi connectivity index (χ3v) is 4.46. The van der Waals surface area contributed by atoms with E-state index in [4.69, 9.17) is 0 Å². The Morgan fingerprint density at radius 2 is 2.22 bits per heavy atom. The van der Waals surface area contributed by atoms with E-state index in [-0.39, 0.29) is 11.5 Å². The number of nitrogens with one attached hydrogen (secondary N) is 3. The highest BCUT2D eigenvalue weighted by Crippen LogP contribution is 2.27. The number of thiophene rings is 1. The van der Waals surface area contributed by atoms with Crippen LogP contribution in [0.1, 0.15) is 21.1 Å². The van der Waals surface area contributed by atoms with Crippen LogP contribution in [0.2, 0.25) is 0 Å². The summed E-state index contributed by atoms with van der Waals surface area (Å²) in [5, 5.41) is 9.62. The van der Waals surface area contributed by atoms with Crippen molar-refractivity contribution >= 4 is 33.3 Å². The minimum atomic E-state index is -0.289. The predicted octanol–water partition coefficient (Wildman–Crippen LogP) is 1.33. The van der Waals surface area contributed by atoms with Gasteiger partial charge in [0.15, 0.2) is 0 Å². The number of hydrogen-bond acceptors (Lipinski definition) is 6. The number of aryl methyl sites for hydroxylation is 1. The second kappa shape index (κ2) is 5.94. The Balaban J connectivity index is 2.02. The number of carbonyl (C=O) groups excluding carboxylic acids is 1. The number of rotatable bonds is 4. The van der Waals surface area contributed by atoms with Crippen molar-refractivity contribution in [3.8, 4) is 0 Å². The first-order chi connectivity index (χ1) is 11.0. The van der Waals surface area contributed by atoms with Gasteiger partial charge < -0.3 is 15.2 Å². The highest BCUT2D eigenvalue weighted by Gasteiger charge is 2.19. The van der Waals surface area contributed by atoms with Crippen LogP contribution < -0.4 is 10.9 Å². The maximum Gasteiger partial charge on any atom is 0.267 e. The van der Waals surface area contributed by atoms with Gasteiger partial charge in [-0.2, -0.15) is 5.10 Å². The van der Waals surface area contributed by atoms with Crippen molar-refractivity contribution in [1.29, 1.82) is 0 Å². The first-order valence-electron chi connectivity index (χ1n) is 6.93. The summed E-state index contributed by atoms with van der Waals surface area (Å²) in [7, 11) is 3.79. The first-order valence-corrected chi connectivity index (χ1v) is 7.75. The number of fused-ring (bicyclic) bond motifs is 1. The molecular weight excluding hydrogens is 316 g/mol. The minimum Gasteiger partial charge on any atom is -0.309 e. The van der Waals surface area contributed by atoms with Crippen LogP contribution in [0, 0.1) is 6.92 Å². The molecule has 0 bridgehead atoms. The van der Waals surface area contributed by atoms with Gasteiger partial charge in [-0.3, -0.25) is 14.7 Å². The number of aromatic nitrogens is 4. The molecule has 3 aromatic rings. The molecule has 8 nitrogen and oxygen atoms in total. The molecule has 0 aromatic carbocycles. The second-order valence-corrected chi connectivity index (χ2v) is 6.41. The van der Waals surface area contributed by atoms with E-state index >= 15 is 0 Å². The van der Waals surface area contributed by atoms with Crippen LogP contribution in [0.15, 0.2) is 17.1 Å². The fourth-order valence-electron chi connectivity index (χ4n) is 2.28. The summed E-state index contributed by atoms with van der Waals surface area (Å²) in [5.74, 6) is 0.791. The van der Waals surface area contributed by atoms with Crippen LogP contribution in [0.4, 0.5) is 5.82 Å². The van der Waals surface area contributed by atoms with Crippen molar-refractivity contribution in [1.82, 2.24) is 25.1 Å². The Morgan fingerprint density at radius 3 is 2.87 bits per heavy atom. The number of hydrogen-bond donors (Lipinski definition) is 3. The predicted molar refractivity (Wildman–Crippen MR) is 88.9 cm³/mol. The fraction of sp³-hybridized carbons (Fsp3) is 0.286. The molecule has 0 unspecified atom stereocenters. The summed E-state index contributed by atoms with van der Waals surface area (Å²) in [4.78, 5) is 34.9. The average molecular weight is 332 g/mol. The summed E-state index contributed by atoms with van der Waals surface area (Å²) >= 11 is 1.21. The van der Waals surface area contributed by atoms with E-state index in [1.807, 2.05) is 19.0 Å². The molecule has 3 N–H and O–H groups in total. The van der Waals surface area contributed by atoms with Gasteiger partial charge in [0.1, 0.15) is 16.5 Å². The molecule has 0 aliphatic rings. The molecule has 3 rings (SSSR count). The number of nitrogens with zero attached hydrogens (tertiary/aromatic N) is 3. The quantitative estimate of drug-likeness (QED) is 0.668. The number of amides is 1. The number of aromatic amines is 2. The van der Waals surface area contributed by atoms with E-state index in [9.17, 15) is 9.59 Å². The second-order valence-electron chi connectivity index (χ2n) is 5.41. The van der Waals surface area contributed by atoms with Crippen molar-refractivity contribution in [2.24, 2.45) is 0 Å². The zero-order valence-corrected chi connectivity index (χ0v) is 13.7. The molecule has 0 atom stereocenters. The summed E-state index contributed by atoms with van der Waals surface area (Å²) < 4.78 is 0. The van der Waals surface area contributed by atoms with Crippen molar-refractivity contribution in [3.63, 3.8) is 0 Å². The standard InChI is InChI=1S/C14H16N6O2S/c1-7-10-12(21)17-9(6-20(2)3)18-14(10)23-11(7)13(22)16-8-4-5-15-19-8/h4-5H,6H2,1-3H3,(H,17,18,21)(H2,15,16,19,22). The summed E-state index contributed by atoms with van der Waals surface area (Å²) in [6.45, 7) is 2.28. The molecule has 0 spiro atoms. The Hall–Kier alpha value is -2.52. The Labute approximate surface area is 135 Å². The Morgan fingerprint density at radius 1 is 1.43 bits per heavy atom. The molecule has 23 heavy (non-hydrogen) atoms. The van der Waals surface area contributed by atoms with Crippen molar-refractivity contribution in [2.45, 2.75) is 13.5 Å². The monoisotopic (exact) mass is 332 g/mol. The first kappa shape index (κ1) is 15.4. The van der Waals surface area contributed by atoms with E-state index in [2.05, 4.69) is 25.5 Å². The van der Waals surface area contributed by atoms with Crippen LogP contribution in [0.25, 0.3) is 10.2 Å². The maximum atomic E-state index is 12.4. The average Bonchev–Trinajstić information content (AvgIpc) is 3.06. The molecule has 0 saturated carbocycles. The molecule has 0 fully saturated rings. The lowest BCUT2D eigenvalue weighted by Crippen LogP contribution is -2.18. The van der Waals surface area contributed by atoms with E-state index in [0.717, 1.165) is 0 Å². The van der Waals surface area contributed by atoms with E-state index in [1.165, 1.54) is 11.3 Å². The lowest BCUT2D eigenvalue weighted by Gasteiger charge is -2.07. The lowest BCUT2D eigenvalue weighted by molar-refractivity contribution is 0.102. The number of H-pyrrole nitrogens is 2. The van der Waals surface area contributed by atoms with Crippen LogP contribution in [0.3, 0.4) is 0 Å². The van der Waals surface area contributed by atoms with Gasteiger partial charge in [-0.1, -0.05) is 0 Å². The summed E-state index contributed by atoms with van der Waals surface area (Å²) in [5.41, 5.74) is 0.411. The van der Waals surface area contributed by atoms with E-state index < -0.39 is 0 Å². The van der Waals surface area contributed by atoms with E-state index in [0.29, 0.717) is 38.8 Å². The molecule has 0 aliphatic heterocycles. The molecule has 9 heteroatoms. The summed E-state index contributed by atoms with van der Waals surface area (Å²) in [6.07, 6.45) is 1.55. The van der Waals surface area contributed by atoms with Crippen molar-refractivity contribution < 1.29 is 4.79 Å². The van der Waals surface area contributed by atoms with Crippen molar-refractivity contribution in [2.75, 3.05) is 19.4 Å². The van der Waals surface area contributed by atoms with Crippen LogP contribution in [-0.4, -0.2) is 45.1 Å². The third kappa shape index (κ3) is 3.01. The molecule has 120 valence electrons. The molecular formula is C14H16N6O2S. The van der Waals surface area contributed by atoms with Gasteiger partial charge in [-0.05, 0) is 26.6 Å². The van der Waals surface area contributed by atoms with Gasteiger partial charge in [0.2, 0.25) is 0 Å². The Bertz CT molecular complexity index is 909. The van der Waals surface area contributed by atoms with Crippen molar-refractivity contribution in [3.05, 3.63) is 38.9 Å². The molecule has 1 amide bonds. The Kier molecular flexibility index (Phi) is 3.97. The highest BCUT2D eigenvalue weighted by molar-refractivity contribution is 7.20. The third-order valence-electron chi connectivity index (χ3n) is 3.27. The highest BCUT2D eigenvalue weighted by atomic mass is 32.1. The van der Waals surface area contributed by atoms with Gasteiger partial charge >= 0.3 is 0 Å². The fourth-order valence-corrected chi connectivity index (χ4v) is 3.38. The van der Waals surface area contributed by atoms with Crippen LogP contribution in [-0.2, 0) is 6.54 Å². The topological polar surface area (TPSA) is 107 Å². The number of carbonyl (C=O) groups is 1. The zero-order valence-electron chi connectivity index (χ0n) is 12.9. The lowest BCUT2D eigenvalue weighted by atomic mass is 10.2. The molecule has 0 aliphatic carbocycles. The SMILES string of the molecule is Cc1c(C(=O)Nc2ccn[nH]2)sc2nc(CN(C)C)[nH]c(=O)c12. The molecule has 0 saturated heterocycles. The summed E-state index contributed by atoms with van der Waals surface area (Å²) in [6, 6.07) is 1.65. The van der Waals surface area contributed by atoms with Crippen LogP contribution >= 0.6 is 11.3 Å².